The van der Waals surface area contributed by atoms with Crippen LogP contribution in [-0.2, 0) is 28.6 Å². The van der Waals surface area contributed by atoms with Gasteiger partial charge < -0.3 is 14.2 Å². The molecule has 0 saturated heterocycles. The van der Waals surface area contributed by atoms with Crippen LogP contribution in [0.5, 0.6) is 0 Å². The molecule has 0 aromatic heterocycles. The molecule has 7 nitrogen and oxygen atoms in total. The molecule has 0 saturated carbocycles. The Kier molecular flexibility index (Phi) is 32.9. The molecule has 2 unspecified atom stereocenters. The lowest BCUT2D eigenvalue weighted by Gasteiger charge is -2.22. The van der Waals surface area contributed by atoms with Crippen LogP contribution in [0.25, 0.3) is 0 Å². The number of thiocarbonyl (C=S) groups is 1. The number of hydrogen-bond donors (Lipinski definition) is 0. The van der Waals surface area contributed by atoms with E-state index in [0.29, 0.717) is 10.6 Å². The summed E-state index contributed by atoms with van der Waals surface area (Å²) >= 11 is 6.79. The first-order valence-electron chi connectivity index (χ1n) is 22.5. The molecule has 0 radical (unpaired) electrons. The van der Waals surface area contributed by atoms with E-state index in [-0.39, 0.29) is 32.3 Å². The Morgan fingerprint density at radius 2 is 0.982 bits per heavy atom. The van der Waals surface area contributed by atoms with Gasteiger partial charge in [-0.15, -0.1) is 0 Å². The maximum Gasteiger partial charge on any atom is 0.309 e. The molecule has 1 rings (SSSR count). The second-order valence-corrected chi connectivity index (χ2v) is 17.9. The normalized spacial score (nSPS) is 12.7. The van der Waals surface area contributed by atoms with Gasteiger partial charge in [-0.3, -0.25) is 14.4 Å². The Balaban J connectivity index is 2.47. The smallest absolute Gasteiger partial charge is 0.309 e. The van der Waals surface area contributed by atoms with Crippen LogP contribution in [0.4, 0.5) is 0 Å². The number of rotatable bonds is 37. The average molecular weight is 816 g/mol. The monoisotopic (exact) mass is 816 g/mol. The van der Waals surface area contributed by atoms with Crippen molar-refractivity contribution >= 4 is 46.1 Å². The third kappa shape index (κ3) is 29.8. The van der Waals surface area contributed by atoms with E-state index < -0.39 is 28.9 Å². The molecule has 1 aromatic carbocycles. The summed E-state index contributed by atoms with van der Waals surface area (Å²) in [5.41, 5.74) is 0.840. The van der Waals surface area contributed by atoms with Gasteiger partial charge in [0.05, 0.1) is 10.3 Å². The zero-order valence-electron chi connectivity index (χ0n) is 35.6. The zero-order chi connectivity index (χ0) is 41.0. The van der Waals surface area contributed by atoms with Crippen molar-refractivity contribution in [1.82, 2.24) is 0 Å². The number of benzene rings is 1. The summed E-state index contributed by atoms with van der Waals surface area (Å²) in [5.74, 6) is -1.52. The van der Waals surface area contributed by atoms with Crippen LogP contribution in [0.15, 0.2) is 30.3 Å². The number of carbonyl (C=O) groups excluding carboxylic acids is 3. The molecule has 2 atom stereocenters. The molecule has 0 spiro atoms. The highest BCUT2D eigenvalue weighted by atomic mass is 32.2. The van der Waals surface area contributed by atoms with Crippen molar-refractivity contribution in [2.75, 3.05) is 6.61 Å². The lowest BCUT2D eigenvalue weighted by Crippen LogP contribution is -2.31. The van der Waals surface area contributed by atoms with Gasteiger partial charge in [0.1, 0.15) is 4.75 Å². The van der Waals surface area contributed by atoms with Crippen LogP contribution in [-0.4, -0.2) is 39.7 Å². The highest BCUT2D eigenvalue weighted by Gasteiger charge is 2.30. The minimum Gasteiger partial charge on any atom is -0.458 e. The second-order valence-electron chi connectivity index (χ2n) is 15.7. The minimum atomic E-state index is -1.33. The Bertz CT molecular complexity index is 1200. The molecule has 9 heteroatoms. The van der Waals surface area contributed by atoms with Crippen molar-refractivity contribution in [2.45, 2.75) is 224 Å². The Morgan fingerprint density at radius 3 is 1.39 bits per heavy atom. The van der Waals surface area contributed by atoms with Gasteiger partial charge in [-0.25, -0.2) is 0 Å². The summed E-state index contributed by atoms with van der Waals surface area (Å²) in [6.07, 6.45) is 30.8. The van der Waals surface area contributed by atoms with E-state index in [4.69, 9.17) is 26.4 Å². The molecule has 0 heterocycles. The Morgan fingerprint density at radius 1 is 0.607 bits per heavy atom. The topological polar surface area (TPSA) is 103 Å². The van der Waals surface area contributed by atoms with Crippen molar-refractivity contribution in [3.05, 3.63) is 35.9 Å². The van der Waals surface area contributed by atoms with Gasteiger partial charge in [-0.2, -0.15) is 5.26 Å². The molecule has 0 N–H and O–H groups in total. The minimum absolute atomic E-state index is 0.0890. The van der Waals surface area contributed by atoms with E-state index in [1.54, 1.807) is 6.92 Å². The van der Waals surface area contributed by atoms with Gasteiger partial charge >= 0.3 is 17.9 Å². The lowest BCUT2D eigenvalue weighted by molar-refractivity contribution is -0.200. The molecule has 0 fully saturated rings. The van der Waals surface area contributed by atoms with Crippen molar-refractivity contribution in [1.29, 1.82) is 5.26 Å². The molecule has 0 bridgehead atoms. The van der Waals surface area contributed by atoms with Crippen molar-refractivity contribution in [2.24, 2.45) is 0 Å². The average Bonchev–Trinajstić information content (AvgIpc) is 3.20. The van der Waals surface area contributed by atoms with Gasteiger partial charge in [0.2, 0.25) is 0 Å². The van der Waals surface area contributed by atoms with Crippen LogP contribution in [0.1, 0.15) is 219 Å². The van der Waals surface area contributed by atoms with Crippen LogP contribution < -0.4 is 0 Å². The molecule has 1 aromatic rings. The Labute approximate surface area is 351 Å². The molecule has 0 aliphatic carbocycles. The van der Waals surface area contributed by atoms with E-state index in [1.807, 2.05) is 30.3 Å². The van der Waals surface area contributed by atoms with E-state index in [9.17, 15) is 19.6 Å². The lowest BCUT2D eigenvalue weighted by atomic mass is 10.0. The zero-order valence-corrected chi connectivity index (χ0v) is 37.2. The molecule has 0 aliphatic heterocycles. The van der Waals surface area contributed by atoms with Crippen LogP contribution in [0, 0.1) is 11.3 Å². The van der Waals surface area contributed by atoms with Crippen LogP contribution in [0.2, 0.25) is 0 Å². The van der Waals surface area contributed by atoms with Gasteiger partial charge in [0.25, 0.3) is 6.29 Å². The first kappa shape index (κ1) is 51.6. The quantitative estimate of drug-likeness (QED) is 0.0281. The first-order valence-corrected chi connectivity index (χ1v) is 23.7. The van der Waals surface area contributed by atoms with E-state index in [0.717, 1.165) is 44.1 Å². The number of esters is 3. The number of nitrogens with zero attached hydrogens (tertiary/aromatic N) is 1. The highest BCUT2D eigenvalue weighted by Crippen LogP contribution is 2.33. The highest BCUT2D eigenvalue weighted by molar-refractivity contribution is 8.24. The standard InChI is InChI=1S/C47H77NO6S2/c1-4-6-8-10-12-14-16-18-20-22-24-26-31-35-42(49)52-39-45(53-43(50)36-32-27-25-23-21-19-17-15-13-11-9-7-5-2)54-44(51)37-38-47(3,40-48)56-46(55)41-33-29-28-30-34-41/h28-30,33-34,45H,4-27,31-32,35-39H2,1-3H3. The van der Waals surface area contributed by atoms with Crippen molar-refractivity contribution in [3.63, 3.8) is 0 Å². The molecular formula is C47H77NO6S2. The fraction of sp³-hybridized carbons (Fsp3) is 0.766. The Hall–Kier alpha value is -2.44. The summed E-state index contributed by atoms with van der Waals surface area (Å²) in [6, 6.07) is 11.7. The van der Waals surface area contributed by atoms with Gasteiger partial charge in [0, 0.05) is 19.3 Å². The van der Waals surface area contributed by atoms with Gasteiger partial charge in [-0.05, 0) is 31.7 Å². The predicted molar refractivity (Wildman–Crippen MR) is 237 cm³/mol. The van der Waals surface area contributed by atoms with E-state index in [2.05, 4.69) is 19.9 Å². The summed E-state index contributed by atoms with van der Waals surface area (Å²) in [4.78, 5) is 38.4. The fourth-order valence-electron chi connectivity index (χ4n) is 6.62. The number of nitriles is 1. The fourth-order valence-corrected chi connectivity index (χ4v) is 8.22. The van der Waals surface area contributed by atoms with E-state index in [1.165, 1.54) is 134 Å². The largest absolute Gasteiger partial charge is 0.458 e. The predicted octanol–water partition coefficient (Wildman–Crippen LogP) is 14.1. The summed E-state index contributed by atoms with van der Waals surface area (Å²) in [7, 11) is 0. The number of thioether (sulfide) groups is 1. The molecular weight excluding hydrogens is 739 g/mol. The molecule has 318 valence electrons. The first-order chi connectivity index (χ1) is 27.2. The van der Waals surface area contributed by atoms with Gasteiger partial charge in [0.15, 0.2) is 6.61 Å². The maximum atomic E-state index is 13.0. The second kappa shape index (κ2) is 35.7. The third-order valence-corrected chi connectivity index (χ3v) is 11.9. The number of unbranched alkanes of at least 4 members (excludes halogenated alkanes) is 24. The van der Waals surface area contributed by atoms with Crippen molar-refractivity contribution < 1.29 is 28.6 Å². The molecule has 0 amide bonds. The van der Waals surface area contributed by atoms with Gasteiger partial charge in [-0.1, -0.05) is 222 Å². The third-order valence-electron chi connectivity index (χ3n) is 10.2. The van der Waals surface area contributed by atoms with Crippen LogP contribution >= 0.6 is 24.0 Å². The summed E-state index contributed by atoms with van der Waals surface area (Å²) in [5, 5.41) is 9.94. The summed E-state index contributed by atoms with van der Waals surface area (Å²) < 4.78 is 16.1. The molecule has 56 heavy (non-hydrogen) atoms. The van der Waals surface area contributed by atoms with E-state index >= 15 is 0 Å². The maximum absolute atomic E-state index is 13.0. The molecule has 0 aliphatic rings. The number of carbonyl (C=O) groups is 3. The SMILES string of the molecule is CCCCCCCCCCCCCCCC(=O)OCC(OC(=O)CCCCCCCCCCCCCCC)OC(=O)CCC(C)(C#N)SC(=S)c1ccccc1. The van der Waals surface area contributed by atoms with Crippen LogP contribution in [0.3, 0.4) is 0 Å². The number of ether oxygens (including phenoxy) is 3. The van der Waals surface area contributed by atoms with Crippen molar-refractivity contribution in [3.8, 4) is 6.07 Å². The summed E-state index contributed by atoms with van der Waals surface area (Å²) in [6.45, 7) is 5.89. The number of hydrogen-bond acceptors (Lipinski definition) is 9.